The highest BCUT2D eigenvalue weighted by Crippen LogP contribution is 2.19. The van der Waals surface area contributed by atoms with Crippen molar-refractivity contribution in [1.29, 1.82) is 0 Å². The van der Waals surface area contributed by atoms with E-state index in [1.54, 1.807) is 0 Å². The first-order valence-electron chi connectivity index (χ1n) is 11.0. The maximum atomic E-state index is 12.0. The minimum absolute atomic E-state index is 0.0183. The molecule has 1 amide bonds. The van der Waals surface area contributed by atoms with Gasteiger partial charge >= 0.3 is 5.97 Å². The summed E-state index contributed by atoms with van der Waals surface area (Å²) in [6, 6.07) is 7.82. The fourth-order valence-electron chi connectivity index (χ4n) is 3.51. The van der Waals surface area contributed by atoms with Crippen LogP contribution in [0, 0.1) is 11.8 Å². The Kier molecular flexibility index (Phi) is 9.64. The van der Waals surface area contributed by atoms with Crippen molar-refractivity contribution in [3.8, 4) is 0 Å². The average molecular weight is 417 g/mol. The van der Waals surface area contributed by atoms with Gasteiger partial charge < -0.3 is 20.3 Å². The van der Waals surface area contributed by atoms with Gasteiger partial charge in [-0.25, -0.2) is 4.99 Å². The van der Waals surface area contributed by atoms with Crippen LogP contribution >= 0.6 is 0 Å². The molecule has 2 rings (SSSR count). The predicted octanol–water partition coefficient (Wildman–Crippen LogP) is 3.41. The van der Waals surface area contributed by atoms with Gasteiger partial charge in [0.2, 0.25) is 5.91 Å². The number of hydrogen-bond acceptors (Lipinski definition) is 4. The molecule has 0 atom stereocenters. The predicted molar refractivity (Wildman–Crippen MR) is 120 cm³/mol. The zero-order chi connectivity index (χ0) is 21.9. The van der Waals surface area contributed by atoms with Crippen LogP contribution in [0.1, 0.15) is 52.5 Å². The number of ether oxygens (including phenoxy) is 1. The molecule has 0 saturated carbocycles. The third kappa shape index (κ3) is 7.69. The number of carbonyl (C=O) groups is 2. The summed E-state index contributed by atoms with van der Waals surface area (Å²) in [5.41, 5.74) is 1.84. The summed E-state index contributed by atoms with van der Waals surface area (Å²) in [5.74, 6) is 1.11. The SMILES string of the molecule is CCNC(=NCc1cccc(NC(=O)CC(C)C)c1)N1CCC(C(=O)OCC)CC1. The molecule has 7 nitrogen and oxygen atoms in total. The highest BCUT2D eigenvalue weighted by Gasteiger charge is 2.27. The fourth-order valence-corrected chi connectivity index (χ4v) is 3.51. The molecule has 0 spiro atoms. The standard InChI is InChI=1S/C23H36N4O3/c1-5-24-23(27-12-10-19(11-13-27)22(29)30-6-2)25-16-18-8-7-9-20(15-18)26-21(28)14-17(3)4/h7-9,15,17,19H,5-6,10-14,16H2,1-4H3,(H,24,25)(H,26,28). The summed E-state index contributed by atoms with van der Waals surface area (Å²) in [5, 5.41) is 6.31. The molecule has 0 aliphatic carbocycles. The van der Waals surface area contributed by atoms with Crippen molar-refractivity contribution in [3.05, 3.63) is 29.8 Å². The Labute approximate surface area is 180 Å². The molecule has 1 aromatic rings. The molecule has 1 fully saturated rings. The summed E-state index contributed by atoms with van der Waals surface area (Å²) < 4.78 is 5.16. The van der Waals surface area contributed by atoms with Crippen molar-refractivity contribution in [1.82, 2.24) is 10.2 Å². The molecule has 1 aliphatic rings. The molecule has 1 heterocycles. The molecule has 30 heavy (non-hydrogen) atoms. The lowest BCUT2D eigenvalue weighted by atomic mass is 9.97. The van der Waals surface area contributed by atoms with Crippen molar-refractivity contribution in [2.24, 2.45) is 16.8 Å². The lowest BCUT2D eigenvalue weighted by Crippen LogP contribution is -2.46. The number of amides is 1. The molecule has 2 N–H and O–H groups in total. The zero-order valence-electron chi connectivity index (χ0n) is 18.7. The third-order valence-corrected chi connectivity index (χ3v) is 4.97. The second-order valence-corrected chi connectivity index (χ2v) is 8.03. The maximum absolute atomic E-state index is 12.0. The molecule has 1 aliphatic heterocycles. The number of carbonyl (C=O) groups excluding carboxylic acids is 2. The number of piperidine rings is 1. The van der Waals surface area contributed by atoms with Crippen LogP contribution in [0.3, 0.4) is 0 Å². The number of hydrogen-bond donors (Lipinski definition) is 2. The second-order valence-electron chi connectivity index (χ2n) is 8.03. The molecule has 166 valence electrons. The first-order valence-corrected chi connectivity index (χ1v) is 11.0. The molecule has 1 saturated heterocycles. The Hall–Kier alpha value is -2.57. The number of nitrogens with one attached hydrogen (secondary N) is 2. The summed E-state index contributed by atoms with van der Waals surface area (Å²) >= 11 is 0. The fraction of sp³-hybridized carbons (Fsp3) is 0.609. The van der Waals surface area contributed by atoms with Gasteiger partial charge in [0.1, 0.15) is 0 Å². The lowest BCUT2D eigenvalue weighted by molar-refractivity contribution is -0.149. The molecule has 0 bridgehead atoms. The number of anilines is 1. The second kappa shape index (κ2) is 12.2. The van der Waals surface area contributed by atoms with E-state index < -0.39 is 0 Å². The third-order valence-electron chi connectivity index (χ3n) is 4.97. The van der Waals surface area contributed by atoms with Gasteiger partial charge in [-0.1, -0.05) is 26.0 Å². The van der Waals surface area contributed by atoms with E-state index in [-0.39, 0.29) is 17.8 Å². The Balaban J connectivity index is 1.97. The minimum Gasteiger partial charge on any atom is -0.466 e. The number of rotatable bonds is 8. The van der Waals surface area contributed by atoms with Crippen molar-refractivity contribution < 1.29 is 14.3 Å². The van der Waals surface area contributed by atoms with Gasteiger partial charge in [-0.2, -0.15) is 0 Å². The molecular weight excluding hydrogens is 380 g/mol. The molecule has 1 aromatic carbocycles. The number of nitrogens with zero attached hydrogens (tertiary/aromatic N) is 2. The van der Waals surface area contributed by atoms with Gasteiger partial charge in [0, 0.05) is 31.7 Å². The average Bonchev–Trinajstić information content (AvgIpc) is 2.71. The summed E-state index contributed by atoms with van der Waals surface area (Å²) in [6.07, 6.45) is 2.07. The quantitative estimate of drug-likeness (QED) is 0.385. The summed E-state index contributed by atoms with van der Waals surface area (Å²) in [6.45, 7) is 11.2. The van der Waals surface area contributed by atoms with Crippen LogP contribution in [0.5, 0.6) is 0 Å². The zero-order valence-corrected chi connectivity index (χ0v) is 18.7. The molecular formula is C23H36N4O3. The van der Waals surface area contributed by atoms with Crippen LogP contribution in [-0.4, -0.2) is 49.0 Å². The van der Waals surface area contributed by atoms with E-state index in [0.717, 1.165) is 49.7 Å². The number of esters is 1. The van der Waals surface area contributed by atoms with Gasteiger partial charge in [0.25, 0.3) is 0 Å². The molecule has 0 radical (unpaired) electrons. The van der Waals surface area contributed by atoms with Crippen molar-refractivity contribution in [2.75, 3.05) is 31.6 Å². The van der Waals surface area contributed by atoms with Gasteiger partial charge in [-0.05, 0) is 50.3 Å². The highest BCUT2D eigenvalue weighted by molar-refractivity contribution is 5.90. The van der Waals surface area contributed by atoms with Crippen LogP contribution < -0.4 is 10.6 Å². The smallest absolute Gasteiger partial charge is 0.309 e. The maximum Gasteiger partial charge on any atom is 0.309 e. The van der Waals surface area contributed by atoms with E-state index in [4.69, 9.17) is 9.73 Å². The number of likely N-dealkylation sites (tertiary alicyclic amines) is 1. The van der Waals surface area contributed by atoms with Crippen LogP contribution in [0.4, 0.5) is 5.69 Å². The van der Waals surface area contributed by atoms with Gasteiger partial charge in [-0.15, -0.1) is 0 Å². The molecule has 7 heteroatoms. The number of aliphatic imine (C=N–C) groups is 1. The number of guanidine groups is 1. The van der Waals surface area contributed by atoms with Gasteiger partial charge in [0.05, 0.1) is 19.1 Å². The normalized spacial score (nSPS) is 15.2. The van der Waals surface area contributed by atoms with E-state index in [2.05, 4.69) is 15.5 Å². The van der Waals surface area contributed by atoms with Crippen LogP contribution in [0.2, 0.25) is 0 Å². The van der Waals surface area contributed by atoms with E-state index in [1.807, 2.05) is 52.0 Å². The molecule has 0 unspecified atom stereocenters. The summed E-state index contributed by atoms with van der Waals surface area (Å²) in [7, 11) is 0. The Morgan fingerprint density at radius 3 is 2.60 bits per heavy atom. The van der Waals surface area contributed by atoms with Crippen LogP contribution in [0.15, 0.2) is 29.3 Å². The van der Waals surface area contributed by atoms with Crippen molar-refractivity contribution >= 4 is 23.5 Å². The highest BCUT2D eigenvalue weighted by atomic mass is 16.5. The van der Waals surface area contributed by atoms with E-state index in [9.17, 15) is 9.59 Å². The lowest BCUT2D eigenvalue weighted by Gasteiger charge is -2.33. The largest absolute Gasteiger partial charge is 0.466 e. The van der Waals surface area contributed by atoms with Crippen molar-refractivity contribution in [2.45, 2.75) is 53.5 Å². The van der Waals surface area contributed by atoms with Crippen molar-refractivity contribution in [3.63, 3.8) is 0 Å². The van der Waals surface area contributed by atoms with Crippen LogP contribution in [0.25, 0.3) is 0 Å². The topological polar surface area (TPSA) is 83.0 Å². The van der Waals surface area contributed by atoms with Gasteiger partial charge in [0.15, 0.2) is 5.96 Å². The first kappa shape index (κ1) is 23.7. The van der Waals surface area contributed by atoms with E-state index in [0.29, 0.717) is 25.5 Å². The van der Waals surface area contributed by atoms with Crippen LogP contribution in [-0.2, 0) is 20.9 Å². The van der Waals surface area contributed by atoms with E-state index >= 15 is 0 Å². The Morgan fingerprint density at radius 1 is 1.23 bits per heavy atom. The Morgan fingerprint density at radius 2 is 1.97 bits per heavy atom. The monoisotopic (exact) mass is 416 g/mol. The summed E-state index contributed by atoms with van der Waals surface area (Å²) in [4.78, 5) is 31.0. The molecule has 0 aromatic heterocycles. The Bertz CT molecular complexity index is 725. The van der Waals surface area contributed by atoms with E-state index in [1.165, 1.54) is 0 Å². The number of benzene rings is 1. The first-order chi connectivity index (χ1) is 14.4. The minimum atomic E-state index is -0.0876. The van der Waals surface area contributed by atoms with Gasteiger partial charge in [-0.3, -0.25) is 9.59 Å².